The number of rotatable bonds is 5. The molecule has 0 atom stereocenters. The van der Waals surface area contributed by atoms with Crippen molar-refractivity contribution in [3.8, 4) is 11.4 Å². The van der Waals surface area contributed by atoms with Crippen molar-refractivity contribution in [1.29, 1.82) is 0 Å². The number of anilines is 1. The predicted molar refractivity (Wildman–Crippen MR) is 102 cm³/mol. The minimum absolute atomic E-state index is 0.116. The van der Waals surface area contributed by atoms with E-state index in [2.05, 4.69) is 25.6 Å². The van der Waals surface area contributed by atoms with Gasteiger partial charge in [0.1, 0.15) is 5.03 Å². The van der Waals surface area contributed by atoms with E-state index >= 15 is 0 Å². The molecule has 3 aromatic heterocycles. The summed E-state index contributed by atoms with van der Waals surface area (Å²) in [5.41, 5.74) is 2.79. The summed E-state index contributed by atoms with van der Waals surface area (Å²) in [5.74, 6) is 0.809. The highest BCUT2D eigenvalue weighted by Gasteiger charge is 2.11. The van der Waals surface area contributed by atoms with Crippen molar-refractivity contribution in [2.75, 3.05) is 11.1 Å². The van der Waals surface area contributed by atoms with Crippen molar-refractivity contribution in [3.05, 3.63) is 53.5 Å². The van der Waals surface area contributed by atoms with E-state index in [0.717, 1.165) is 10.6 Å². The number of carbonyl (C=O) groups excluding carboxylic acids is 1. The van der Waals surface area contributed by atoms with Crippen LogP contribution in [-0.2, 0) is 4.79 Å². The van der Waals surface area contributed by atoms with Crippen molar-refractivity contribution in [1.82, 2.24) is 24.8 Å². The Labute approximate surface area is 157 Å². The lowest BCUT2D eigenvalue weighted by Crippen LogP contribution is -2.14. The molecular formula is C17H14N6OS2. The fourth-order valence-electron chi connectivity index (χ4n) is 2.31. The molecule has 0 unspecified atom stereocenters. The van der Waals surface area contributed by atoms with Crippen LogP contribution < -0.4 is 5.32 Å². The smallest absolute Gasteiger partial charge is 0.236 e. The van der Waals surface area contributed by atoms with Gasteiger partial charge in [-0.3, -0.25) is 4.79 Å². The molecule has 1 N–H and O–H groups in total. The molecule has 3 heterocycles. The third-order valence-electron chi connectivity index (χ3n) is 3.58. The predicted octanol–water partition coefficient (Wildman–Crippen LogP) is 3.29. The van der Waals surface area contributed by atoms with Gasteiger partial charge >= 0.3 is 0 Å². The summed E-state index contributed by atoms with van der Waals surface area (Å²) in [4.78, 5) is 16.0. The Morgan fingerprint density at radius 1 is 1.19 bits per heavy atom. The number of hydrogen-bond donors (Lipinski definition) is 1. The van der Waals surface area contributed by atoms with E-state index in [1.165, 1.54) is 28.7 Å². The normalized spacial score (nSPS) is 11.0. The first-order valence-electron chi connectivity index (χ1n) is 7.81. The van der Waals surface area contributed by atoms with Crippen molar-refractivity contribution in [2.45, 2.75) is 11.9 Å². The number of hydrogen-bond acceptors (Lipinski definition) is 7. The number of carbonyl (C=O) groups is 1. The third-order valence-corrected chi connectivity index (χ3v) is 5.19. The van der Waals surface area contributed by atoms with Gasteiger partial charge in [-0.2, -0.15) is 9.61 Å². The molecule has 9 heteroatoms. The molecule has 7 nitrogen and oxygen atoms in total. The quantitative estimate of drug-likeness (QED) is 0.533. The average molecular weight is 382 g/mol. The Kier molecular flexibility index (Phi) is 4.63. The Morgan fingerprint density at radius 3 is 2.81 bits per heavy atom. The monoisotopic (exact) mass is 382 g/mol. The summed E-state index contributed by atoms with van der Waals surface area (Å²) in [5, 5.41) is 18.9. The molecule has 130 valence electrons. The third kappa shape index (κ3) is 3.58. The van der Waals surface area contributed by atoms with Crippen LogP contribution in [0.2, 0.25) is 0 Å². The zero-order valence-electron chi connectivity index (χ0n) is 13.8. The van der Waals surface area contributed by atoms with Gasteiger partial charge in [0.25, 0.3) is 0 Å². The summed E-state index contributed by atoms with van der Waals surface area (Å²) in [6, 6.07) is 11.7. The largest absolute Gasteiger partial charge is 0.301 e. The second kappa shape index (κ2) is 7.22. The number of nitrogens with zero attached hydrogens (tertiary/aromatic N) is 5. The number of thiazole rings is 1. The molecule has 0 saturated heterocycles. The van der Waals surface area contributed by atoms with E-state index in [9.17, 15) is 4.79 Å². The maximum absolute atomic E-state index is 12.0. The highest BCUT2D eigenvalue weighted by atomic mass is 32.2. The van der Waals surface area contributed by atoms with Gasteiger partial charge in [0.05, 0.1) is 5.75 Å². The molecule has 1 amide bonds. The number of aryl methyl sites for hydroxylation is 1. The zero-order valence-corrected chi connectivity index (χ0v) is 15.4. The van der Waals surface area contributed by atoms with E-state index in [1.54, 1.807) is 10.7 Å². The summed E-state index contributed by atoms with van der Waals surface area (Å²) >= 11 is 2.74. The van der Waals surface area contributed by atoms with Crippen molar-refractivity contribution in [3.63, 3.8) is 0 Å². The first kappa shape index (κ1) is 16.7. The Morgan fingerprint density at radius 2 is 2.04 bits per heavy atom. The number of nitrogens with one attached hydrogen (secondary N) is 1. The summed E-state index contributed by atoms with van der Waals surface area (Å²) < 4.78 is 1.70. The van der Waals surface area contributed by atoms with Crippen molar-refractivity contribution in [2.24, 2.45) is 0 Å². The first-order valence-corrected chi connectivity index (χ1v) is 9.67. The average Bonchev–Trinajstić information content (AvgIpc) is 3.30. The summed E-state index contributed by atoms with van der Waals surface area (Å²) in [6.45, 7) is 2.04. The maximum atomic E-state index is 12.0. The highest BCUT2D eigenvalue weighted by Crippen LogP contribution is 2.21. The molecule has 0 saturated carbocycles. The molecular weight excluding hydrogens is 368 g/mol. The number of thioether (sulfide) groups is 1. The van der Waals surface area contributed by atoms with Gasteiger partial charge in [0, 0.05) is 17.1 Å². The van der Waals surface area contributed by atoms with Gasteiger partial charge < -0.3 is 5.32 Å². The fraction of sp³-hybridized carbons (Fsp3) is 0.118. The van der Waals surface area contributed by atoms with E-state index in [1.807, 2.05) is 48.7 Å². The lowest BCUT2D eigenvalue weighted by Gasteiger charge is -2.04. The van der Waals surface area contributed by atoms with Crippen LogP contribution in [0.25, 0.3) is 17.0 Å². The SMILES string of the molecule is Cc1ccc(-c2nnc3ccc(SCC(=O)Nc4nccs4)nn23)cc1. The van der Waals surface area contributed by atoms with E-state index < -0.39 is 0 Å². The molecule has 4 rings (SSSR count). The van der Waals surface area contributed by atoms with Gasteiger partial charge in [-0.25, -0.2) is 4.98 Å². The van der Waals surface area contributed by atoms with E-state index in [-0.39, 0.29) is 11.7 Å². The summed E-state index contributed by atoms with van der Waals surface area (Å²) in [6.07, 6.45) is 1.65. The standard InChI is InChI=1S/C17H14N6OS2/c1-11-2-4-12(5-3-11)16-21-20-13-6-7-15(22-23(13)16)26-10-14(24)19-17-18-8-9-25-17/h2-9H,10H2,1H3,(H,18,19,24). The van der Waals surface area contributed by atoms with Crippen LogP contribution in [0.1, 0.15) is 5.56 Å². The second-order valence-electron chi connectivity index (χ2n) is 5.51. The molecule has 0 spiro atoms. The number of fused-ring (bicyclic) bond motifs is 1. The molecule has 26 heavy (non-hydrogen) atoms. The van der Waals surface area contributed by atoms with Crippen LogP contribution in [0.4, 0.5) is 5.13 Å². The number of amides is 1. The molecule has 0 bridgehead atoms. The van der Waals surface area contributed by atoms with Gasteiger partial charge in [-0.1, -0.05) is 41.6 Å². The van der Waals surface area contributed by atoms with E-state index in [4.69, 9.17) is 0 Å². The molecule has 1 aromatic carbocycles. The number of benzene rings is 1. The van der Waals surface area contributed by atoms with Crippen LogP contribution >= 0.6 is 23.1 Å². The van der Waals surface area contributed by atoms with E-state index in [0.29, 0.717) is 16.6 Å². The lowest BCUT2D eigenvalue weighted by atomic mass is 10.1. The Hall–Kier alpha value is -2.78. The van der Waals surface area contributed by atoms with Crippen LogP contribution in [0, 0.1) is 6.92 Å². The molecule has 0 aliphatic heterocycles. The van der Waals surface area contributed by atoms with Gasteiger partial charge in [-0.15, -0.1) is 21.5 Å². The minimum atomic E-state index is -0.116. The van der Waals surface area contributed by atoms with Gasteiger partial charge in [0.2, 0.25) is 5.91 Å². The van der Waals surface area contributed by atoms with Crippen LogP contribution in [0.15, 0.2) is 53.0 Å². The van der Waals surface area contributed by atoms with Gasteiger partial charge in [-0.05, 0) is 19.1 Å². The minimum Gasteiger partial charge on any atom is -0.301 e. The molecule has 0 aliphatic rings. The lowest BCUT2D eigenvalue weighted by molar-refractivity contribution is -0.113. The van der Waals surface area contributed by atoms with Gasteiger partial charge in [0.15, 0.2) is 16.6 Å². The van der Waals surface area contributed by atoms with Crippen molar-refractivity contribution >= 4 is 39.8 Å². The Bertz CT molecular complexity index is 1040. The summed E-state index contributed by atoms with van der Waals surface area (Å²) in [7, 11) is 0. The molecule has 4 aromatic rings. The second-order valence-corrected chi connectivity index (χ2v) is 7.40. The zero-order chi connectivity index (χ0) is 17.9. The Balaban J connectivity index is 1.52. The van der Waals surface area contributed by atoms with Crippen molar-refractivity contribution < 1.29 is 4.79 Å². The number of aromatic nitrogens is 5. The van der Waals surface area contributed by atoms with Crippen LogP contribution in [-0.4, -0.2) is 36.5 Å². The molecule has 0 fully saturated rings. The fourth-order valence-corrected chi connectivity index (χ4v) is 3.51. The molecule has 0 radical (unpaired) electrons. The highest BCUT2D eigenvalue weighted by molar-refractivity contribution is 7.99. The van der Waals surface area contributed by atoms with Crippen LogP contribution in [0.3, 0.4) is 0 Å². The molecule has 0 aliphatic carbocycles. The van der Waals surface area contributed by atoms with Crippen LogP contribution in [0.5, 0.6) is 0 Å². The first-order chi connectivity index (χ1) is 12.7. The topological polar surface area (TPSA) is 85.1 Å². The maximum Gasteiger partial charge on any atom is 0.236 e.